The van der Waals surface area contributed by atoms with Crippen LogP contribution >= 0.6 is 15.4 Å². The zero-order valence-electron chi connectivity index (χ0n) is 9.01. The van der Waals surface area contributed by atoms with Crippen molar-refractivity contribution in [1.82, 2.24) is 0 Å². The van der Waals surface area contributed by atoms with Gasteiger partial charge in [-0.2, -0.15) is 0 Å². The molecule has 0 aliphatic heterocycles. The Morgan fingerprint density at radius 3 is 2.24 bits per heavy atom. The second kappa shape index (κ2) is 7.41. The summed E-state index contributed by atoms with van der Waals surface area (Å²) in [5, 5.41) is 0. The van der Waals surface area contributed by atoms with Gasteiger partial charge in [0.25, 0.3) is 0 Å². The molecule has 0 heterocycles. The standard InChI is InChI=1S/C7H16O8P2/c1-2-4-14-6-7(15-17(11,12)13)3-5-16(8,9)10/h2,7H,1,3-6H2,(H2,8,9,10)(H2,11,12,13). The fourth-order valence-corrected chi connectivity index (χ4v) is 2.13. The van der Waals surface area contributed by atoms with Gasteiger partial charge in [0.2, 0.25) is 0 Å². The molecule has 0 spiro atoms. The number of rotatable bonds is 9. The van der Waals surface area contributed by atoms with Gasteiger partial charge in [-0.3, -0.25) is 9.09 Å². The average molecular weight is 290 g/mol. The van der Waals surface area contributed by atoms with Gasteiger partial charge in [0.1, 0.15) is 0 Å². The van der Waals surface area contributed by atoms with E-state index in [4.69, 9.17) is 24.3 Å². The van der Waals surface area contributed by atoms with Gasteiger partial charge in [0, 0.05) is 0 Å². The van der Waals surface area contributed by atoms with Gasteiger partial charge in [-0.05, 0) is 6.42 Å². The first-order chi connectivity index (χ1) is 7.64. The molecule has 0 aliphatic rings. The second-order valence-corrected chi connectivity index (χ2v) is 6.19. The Labute approximate surface area is 98.7 Å². The van der Waals surface area contributed by atoms with Crippen molar-refractivity contribution in [2.24, 2.45) is 0 Å². The summed E-state index contributed by atoms with van der Waals surface area (Å²) in [5.74, 6) is 0. The monoisotopic (exact) mass is 290 g/mol. The first-order valence-corrected chi connectivity index (χ1v) is 7.94. The Morgan fingerprint density at radius 2 is 1.82 bits per heavy atom. The lowest BCUT2D eigenvalue weighted by Gasteiger charge is -2.18. The van der Waals surface area contributed by atoms with E-state index in [0.29, 0.717) is 0 Å². The van der Waals surface area contributed by atoms with Gasteiger partial charge in [-0.15, -0.1) is 6.58 Å². The molecule has 0 fully saturated rings. The van der Waals surface area contributed by atoms with Gasteiger partial charge in [0.15, 0.2) is 0 Å². The summed E-state index contributed by atoms with van der Waals surface area (Å²) < 4.78 is 30.5. The van der Waals surface area contributed by atoms with Crippen molar-refractivity contribution in [3.8, 4) is 0 Å². The van der Waals surface area contributed by atoms with Crippen LogP contribution < -0.4 is 0 Å². The predicted molar refractivity (Wildman–Crippen MR) is 59.5 cm³/mol. The van der Waals surface area contributed by atoms with Gasteiger partial charge in [0.05, 0.1) is 25.5 Å². The van der Waals surface area contributed by atoms with E-state index in [2.05, 4.69) is 11.1 Å². The molecule has 102 valence electrons. The molecule has 0 aromatic rings. The molecule has 0 aromatic heterocycles. The predicted octanol–water partition coefficient (Wildman–Crippen LogP) is 0.235. The van der Waals surface area contributed by atoms with Gasteiger partial charge < -0.3 is 24.3 Å². The van der Waals surface area contributed by atoms with Gasteiger partial charge in [-0.1, -0.05) is 6.08 Å². The van der Waals surface area contributed by atoms with Crippen LogP contribution in [-0.2, 0) is 18.4 Å². The van der Waals surface area contributed by atoms with E-state index in [0.717, 1.165) is 0 Å². The van der Waals surface area contributed by atoms with Crippen molar-refractivity contribution >= 4 is 15.4 Å². The zero-order chi connectivity index (χ0) is 13.5. The van der Waals surface area contributed by atoms with Crippen LogP contribution in [0.25, 0.3) is 0 Å². The summed E-state index contributed by atoms with van der Waals surface area (Å²) in [5.41, 5.74) is 0. The summed E-state index contributed by atoms with van der Waals surface area (Å²) in [6, 6.07) is 0. The van der Waals surface area contributed by atoms with E-state index in [1.54, 1.807) is 0 Å². The first kappa shape index (κ1) is 17.0. The highest BCUT2D eigenvalue weighted by atomic mass is 31.2. The molecular formula is C7H16O8P2. The highest BCUT2D eigenvalue weighted by molar-refractivity contribution is 7.51. The van der Waals surface area contributed by atoms with Gasteiger partial charge >= 0.3 is 15.4 Å². The van der Waals surface area contributed by atoms with E-state index < -0.39 is 27.7 Å². The number of phosphoric ester groups is 1. The summed E-state index contributed by atoms with van der Waals surface area (Å²) in [4.78, 5) is 34.5. The third-order valence-corrected chi connectivity index (χ3v) is 2.98. The highest BCUT2D eigenvalue weighted by Gasteiger charge is 2.25. The minimum absolute atomic E-state index is 0.150. The molecule has 0 bridgehead atoms. The topological polar surface area (TPSA) is 134 Å². The van der Waals surface area contributed by atoms with Crippen LogP contribution in [0.1, 0.15) is 6.42 Å². The molecule has 1 atom stereocenters. The zero-order valence-corrected chi connectivity index (χ0v) is 10.8. The summed E-state index contributed by atoms with van der Waals surface area (Å²) >= 11 is 0. The first-order valence-electron chi connectivity index (χ1n) is 4.61. The van der Waals surface area contributed by atoms with Crippen LogP contribution in [-0.4, -0.2) is 45.1 Å². The number of hydrogen-bond acceptors (Lipinski definition) is 4. The Morgan fingerprint density at radius 1 is 1.24 bits per heavy atom. The Hall–Kier alpha value is -0.0400. The molecule has 0 radical (unpaired) electrons. The molecule has 0 aliphatic carbocycles. The van der Waals surface area contributed by atoms with E-state index in [1.807, 2.05) is 0 Å². The maximum Gasteiger partial charge on any atom is 0.469 e. The Kier molecular flexibility index (Phi) is 7.39. The molecule has 8 nitrogen and oxygen atoms in total. The highest BCUT2D eigenvalue weighted by Crippen LogP contribution is 2.41. The number of ether oxygens (including phenoxy) is 1. The van der Waals surface area contributed by atoms with E-state index >= 15 is 0 Å². The SMILES string of the molecule is C=CCOCC(CCP(=O)(O)O)OP(=O)(O)O. The Balaban J connectivity index is 4.25. The lowest BCUT2D eigenvalue weighted by atomic mass is 10.3. The minimum atomic E-state index is -4.71. The van der Waals surface area contributed by atoms with Crippen LogP contribution in [0, 0.1) is 0 Å². The summed E-state index contributed by atoms with van der Waals surface area (Å²) in [7, 11) is -8.94. The van der Waals surface area contributed by atoms with Crippen molar-refractivity contribution < 1.29 is 38.0 Å². The summed E-state index contributed by atoms with van der Waals surface area (Å²) in [6.45, 7) is 3.34. The lowest BCUT2D eigenvalue weighted by Crippen LogP contribution is -2.20. The molecular weight excluding hydrogens is 274 g/mol. The average Bonchev–Trinajstić information content (AvgIpc) is 2.11. The molecule has 0 amide bonds. The van der Waals surface area contributed by atoms with Crippen molar-refractivity contribution in [1.29, 1.82) is 0 Å². The van der Waals surface area contributed by atoms with Crippen LogP contribution in [0.15, 0.2) is 12.7 Å². The van der Waals surface area contributed by atoms with Crippen LogP contribution in [0.3, 0.4) is 0 Å². The third-order valence-electron chi connectivity index (χ3n) is 1.57. The largest absolute Gasteiger partial charge is 0.469 e. The molecule has 0 rings (SSSR count). The maximum atomic E-state index is 10.6. The van der Waals surface area contributed by atoms with Crippen LogP contribution in [0.2, 0.25) is 0 Å². The Bertz CT molecular complexity index is 318. The normalized spacial score (nSPS) is 14.6. The van der Waals surface area contributed by atoms with Crippen molar-refractivity contribution in [2.45, 2.75) is 12.5 Å². The number of hydrogen-bond donors (Lipinski definition) is 4. The van der Waals surface area contributed by atoms with Gasteiger partial charge in [-0.25, -0.2) is 4.57 Å². The lowest BCUT2D eigenvalue weighted by molar-refractivity contribution is 0.0420. The van der Waals surface area contributed by atoms with Crippen LogP contribution in [0.5, 0.6) is 0 Å². The van der Waals surface area contributed by atoms with E-state index in [9.17, 15) is 9.13 Å². The van der Waals surface area contributed by atoms with Crippen LogP contribution in [0.4, 0.5) is 0 Å². The molecule has 10 heteroatoms. The maximum absolute atomic E-state index is 10.6. The smallest absolute Gasteiger partial charge is 0.375 e. The molecule has 0 saturated carbocycles. The van der Waals surface area contributed by atoms with E-state index in [1.165, 1.54) is 6.08 Å². The van der Waals surface area contributed by atoms with E-state index in [-0.39, 0.29) is 19.6 Å². The minimum Gasteiger partial charge on any atom is -0.375 e. The second-order valence-electron chi connectivity index (χ2n) is 3.22. The van der Waals surface area contributed by atoms with Crippen molar-refractivity contribution in [3.63, 3.8) is 0 Å². The number of phosphoric acid groups is 1. The van der Waals surface area contributed by atoms with Crippen molar-refractivity contribution in [2.75, 3.05) is 19.4 Å². The van der Waals surface area contributed by atoms with Crippen molar-refractivity contribution in [3.05, 3.63) is 12.7 Å². The fraction of sp³-hybridized carbons (Fsp3) is 0.714. The fourth-order valence-electron chi connectivity index (χ4n) is 0.956. The molecule has 17 heavy (non-hydrogen) atoms. The molecule has 4 N–H and O–H groups in total. The molecule has 0 aromatic carbocycles. The third kappa shape index (κ3) is 12.2. The molecule has 1 unspecified atom stereocenters. The molecule has 0 saturated heterocycles. The quantitative estimate of drug-likeness (QED) is 0.269. The summed E-state index contributed by atoms with van der Waals surface area (Å²) in [6.07, 6.45) is -0.400.